The Morgan fingerprint density at radius 3 is 3.00 bits per heavy atom. The zero-order valence-electron chi connectivity index (χ0n) is 9.41. The number of rotatable bonds is 2. The van der Waals surface area contributed by atoms with E-state index < -0.39 is 5.82 Å². The van der Waals surface area contributed by atoms with E-state index in [4.69, 9.17) is 5.73 Å². The van der Waals surface area contributed by atoms with Crippen molar-refractivity contribution in [2.24, 2.45) is 0 Å². The normalized spacial score (nSPS) is 19.9. The fraction of sp³-hybridized carbons (Fsp3) is 0.417. The van der Waals surface area contributed by atoms with Gasteiger partial charge in [0.05, 0.1) is 10.9 Å². The van der Waals surface area contributed by atoms with Crippen molar-refractivity contribution >= 4 is 29.0 Å². The van der Waals surface area contributed by atoms with Crippen molar-refractivity contribution in [1.82, 2.24) is 0 Å². The van der Waals surface area contributed by atoms with Crippen LogP contribution in [0.1, 0.15) is 19.3 Å². The minimum Gasteiger partial charge on any atom is -0.399 e. The maximum Gasteiger partial charge on any atom is 0.237 e. The summed E-state index contributed by atoms with van der Waals surface area (Å²) >= 11 is 1.63. The molecule has 5 heteroatoms. The van der Waals surface area contributed by atoms with Gasteiger partial charge < -0.3 is 11.1 Å². The number of halogens is 1. The van der Waals surface area contributed by atoms with E-state index in [1.54, 1.807) is 11.8 Å². The Bertz CT molecular complexity index is 419. The highest BCUT2D eigenvalue weighted by Gasteiger charge is 2.22. The lowest BCUT2D eigenvalue weighted by atomic mass is 10.1. The molecule has 3 N–H and O–H groups in total. The largest absolute Gasteiger partial charge is 0.399 e. The first-order chi connectivity index (χ1) is 8.16. The number of hydrogen-bond acceptors (Lipinski definition) is 3. The first-order valence-corrected chi connectivity index (χ1v) is 6.69. The molecule has 0 spiro atoms. The molecule has 3 nitrogen and oxygen atoms in total. The van der Waals surface area contributed by atoms with Gasteiger partial charge in [-0.2, -0.15) is 0 Å². The topological polar surface area (TPSA) is 55.1 Å². The molecule has 1 saturated heterocycles. The molecule has 0 radical (unpaired) electrons. The molecule has 0 aromatic heterocycles. The molecule has 1 aromatic rings. The van der Waals surface area contributed by atoms with Crippen LogP contribution in [0, 0.1) is 5.82 Å². The Hall–Kier alpha value is -1.23. The summed E-state index contributed by atoms with van der Waals surface area (Å²) in [5, 5.41) is 2.54. The number of benzene rings is 1. The van der Waals surface area contributed by atoms with Gasteiger partial charge in [0.25, 0.3) is 0 Å². The van der Waals surface area contributed by atoms with Crippen molar-refractivity contribution in [1.29, 1.82) is 0 Å². The van der Waals surface area contributed by atoms with E-state index in [2.05, 4.69) is 5.32 Å². The Morgan fingerprint density at radius 1 is 1.47 bits per heavy atom. The van der Waals surface area contributed by atoms with Crippen molar-refractivity contribution in [2.75, 3.05) is 16.8 Å². The van der Waals surface area contributed by atoms with Gasteiger partial charge in [-0.05, 0) is 36.8 Å². The Kier molecular flexibility index (Phi) is 3.89. The van der Waals surface area contributed by atoms with Crippen LogP contribution in [0.2, 0.25) is 0 Å². The second-order valence-corrected chi connectivity index (χ2v) is 5.39. The number of nitrogens with two attached hydrogens (primary N) is 1. The van der Waals surface area contributed by atoms with Crippen LogP contribution in [0.5, 0.6) is 0 Å². The number of carbonyl (C=O) groups is 1. The summed E-state index contributed by atoms with van der Waals surface area (Å²) in [4.78, 5) is 11.9. The van der Waals surface area contributed by atoms with Gasteiger partial charge in [-0.1, -0.05) is 6.42 Å². The number of thioether (sulfide) groups is 1. The monoisotopic (exact) mass is 254 g/mol. The van der Waals surface area contributed by atoms with Crippen LogP contribution >= 0.6 is 11.8 Å². The number of nitrogen functional groups attached to an aromatic ring is 1. The van der Waals surface area contributed by atoms with Gasteiger partial charge in [0.1, 0.15) is 5.82 Å². The fourth-order valence-corrected chi connectivity index (χ4v) is 3.00. The minimum absolute atomic E-state index is 0.0652. The average molecular weight is 254 g/mol. The number of anilines is 2. The van der Waals surface area contributed by atoms with Gasteiger partial charge in [-0.15, -0.1) is 11.8 Å². The molecule has 92 valence electrons. The SMILES string of the molecule is Nc1ccc(F)c(NC(=O)C2CCCCS2)c1. The predicted molar refractivity (Wildman–Crippen MR) is 69.5 cm³/mol. The second-order valence-electron chi connectivity index (χ2n) is 4.08. The molecule has 1 unspecified atom stereocenters. The quantitative estimate of drug-likeness (QED) is 0.798. The molecule has 1 aromatic carbocycles. The number of nitrogens with one attached hydrogen (secondary N) is 1. The zero-order valence-corrected chi connectivity index (χ0v) is 10.2. The van der Waals surface area contributed by atoms with Gasteiger partial charge in [0.15, 0.2) is 0 Å². The van der Waals surface area contributed by atoms with Crippen LogP contribution in [0.15, 0.2) is 18.2 Å². The molecule has 0 saturated carbocycles. The summed E-state index contributed by atoms with van der Waals surface area (Å²) in [6.45, 7) is 0. The van der Waals surface area contributed by atoms with Crippen molar-refractivity contribution in [3.05, 3.63) is 24.0 Å². The van der Waals surface area contributed by atoms with Crippen molar-refractivity contribution < 1.29 is 9.18 Å². The number of hydrogen-bond donors (Lipinski definition) is 2. The molecule has 1 aliphatic heterocycles. The maximum absolute atomic E-state index is 13.4. The highest BCUT2D eigenvalue weighted by Crippen LogP contribution is 2.27. The predicted octanol–water partition coefficient (Wildman–Crippen LogP) is 2.63. The summed E-state index contributed by atoms with van der Waals surface area (Å²) in [5.41, 5.74) is 6.17. The molecule has 1 heterocycles. The second kappa shape index (κ2) is 5.40. The van der Waals surface area contributed by atoms with Crippen molar-refractivity contribution in [3.8, 4) is 0 Å². The molecule has 0 aliphatic carbocycles. The van der Waals surface area contributed by atoms with E-state index in [9.17, 15) is 9.18 Å². The van der Waals surface area contributed by atoms with E-state index in [1.807, 2.05) is 0 Å². The van der Waals surface area contributed by atoms with E-state index in [1.165, 1.54) is 18.2 Å². The van der Waals surface area contributed by atoms with Crippen LogP contribution in [-0.4, -0.2) is 16.9 Å². The van der Waals surface area contributed by atoms with Gasteiger partial charge >= 0.3 is 0 Å². The molecule has 1 amide bonds. The first-order valence-electron chi connectivity index (χ1n) is 5.64. The van der Waals surface area contributed by atoms with Crippen LogP contribution in [-0.2, 0) is 4.79 Å². The first kappa shape index (κ1) is 12.2. The summed E-state index contributed by atoms with van der Waals surface area (Å²) < 4.78 is 13.4. The highest BCUT2D eigenvalue weighted by molar-refractivity contribution is 8.00. The summed E-state index contributed by atoms with van der Waals surface area (Å²) in [7, 11) is 0. The van der Waals surface area contributed by atoms with Crippen LogP contribution in [0.25, 0.3) is 0 Å². The fourth-order valence-electron chi connectivity index (χ4n) is 1.80. The third-order valence-corrected chi connectivity index (χ3v) is 4.10. The number of carbonyl (C=O) groups excluding carboxylic acids is 1. The third-order valence-electron chi connectivity index (χ3n) is 2.72. The highest BCUT2D eigenvalue weighted by atomic mass is 32.2. The lowest BCUT2D eigenvalue weighted by Crippen LogP contribution is -2.27. The summed E-state index contributed by atoms with van der Waals surface area (Å²) in [6.07, 6.45) is 3.08. The average Bonchev–Trinajstić information content (AvgIpc) is 2.35. The Labute approximate surface area is 104 Å². The van der Waals surface area contributed by atoms with Crippen LogP contribution in [0.4, 0.5) is 15.8 Å². The van der Waals surface area contributed by atoms with E-state index in [0.717, 1.165) is 25.0 Å². The molecule has 1 aliphatic rings. The van der Waals surface area contributed by atoms with Gasteiger partial charge in [-0.3, -0.25) is 4.79 Å². The standard InChI is InChI=1S/C12H15FN2OS/c13-9-5-4-8(14)7-10(9)15-12(16)11-3-1-2-6-17-11/h4-5,7,11H,1-3,6,14H2,(H,15,16). The lowest BCUT2D eigenvalue weighted by molar-refractivity contribution is -0.115. The smallest absolute Gasteiger partial charge is 0.237 e. The molecular weight excluding hydrogens is 239 g/mol. The molecule has 17 heavy (non-hydrogen) atoms. The van der Waals surface area contributed by atoms with Crippen molar-refractivity contribution in [3.63, 3.8) is 0 Å². The Morgan fingerprint density at radius 2 is 2.29 bits per heavy atom. The lowest BCUT2D eigenvalue weighted by Gasteiger charge is -2.20. The molecule has 2 rings (SSSR count). The van der Waals surface area contributed by atoms with Gasteiger partial charge in [-0.25, -0.2) is 4.39 Å². The third kappa shape index (κ3) is 3.12. The van der Waals surface area contributed by atoms with Crippen molar-refractivity contribution in [2.45, 2.75) is 24.5 Å². The van der Waals surface area contributed by atoms with E-state index >= 15 is 0 Å². The molecular formula is C12H15FN2OS. The van der Waals surface area contributed by atoms with Gasteiger partial charge in [0.2, 0.25) is 5.91 Å². The van der Waals surface area contributed by atoms with Crippen LogP contribution < -0.4 is 11.1 Å². The number of amides is 1. The van der Waals surface area contributed by atoms with Gasteiger partial charge in [0, 0.05) is 5.69 Å². The van der Waals surface area contributed by atoms with E-state index in [0.29, 0.717) is 5.69 Å². The molecule has 0 bridgehead atoms. The summed E-state index contributed by atoms with van der Waals surface area (Å²) in [6, 6.07) is 4.18. The van der Waals surface area contributed by atoms with Crippen LogP contribution in [0.3, 0.4) is 0 Å². The maximum atomic E-state index is 13.4. The molecule has 1 atom stereocenters. The molecule has 1 fully saturated rings. The van der Waals surface area contributed by atoms with E-state index in [-0.39, 0.29) is 16.8 Å². The Balaban J connectivity index is 2.04. The zero-order chi connectivity index (χ0) is 12.3. The summed E-state index contributed by atoms with van der Waals surface area (Å²) in [5.74, 6) is 0.421. The minimum atomic E-state index is -0.451.